The van der Waals surface area contributed by atoms with Gasteiger partial charge in [0, 0.05) is 36.6 Å². The molecule has 27 heavy (non-hydrogen) atoms. The van der Waals surface area contributed by atoms with Crippen LogP contribution in [0.5, 0.6) is 0 Å². The minimum atomic E-state index is -3.42. The third-order valence-electron chi connectivity index (χ3n) is 5.40. The van der Waals surface area contributed by atoms with Crippen molar-refractivity contribution in [3.63, 3.8) is 0 Å². The third kappa shape index (κ3) is 4.36. The number of hydrogen-bond donors (Lipinski definition) is 1. The van der Waals surface area contributed by atoms with Gasteiger partial charge in [0.05, 0.1) is 0 Å². The molecule has 1 aliphatic carbocycles. The van der Waals surface area contributed by atoms with Crippen LogP contribution in [0.1, 0.15) is 43.4 Å². The molecule has 4 rings (SSSR count). The maximum atomic E-state index is 12.7. The number of aryl methyl sites for hydroxylation is 1. The summed E-state index contributed by atoms with van der Waals surface area (Å²) in [6.45, 7) is 1.25. The number of rotatable bonds is 4. The van der Waals surface area contributed by atoms with Gasteiger partial charge in [-0.2, -0.15) is 17.4 Å². The highest BCUT2D eigenvalue weighted by molar-refractivity contribution is 7.87. The van der Waals surface area contributed by atoms with E-state index in [0.717, 1.165) is 61.2 Å². The van der Waals surface area contributed by atoms with Gasteiger partial charge < -0.3 is 0 Å². The van der Waals surface area contributed by atoms with Crippen LogP contribution < -0.4 is 4.72 Å². The summed E-state index contributed by atoms with van der Waals surface area (Å²) in [7, 11) is -3.42. The number of nitrogens with zero attached hydrogens (tertiary/aromatic N) is 3. The van der Waals surface area contributed by atoms with Crippen LogP contribution >= 0.6 is 0 Å². The molecular formula is C20H26N4O2S. The molecule has 144 valence electrons. The minimum Gasteiger partial charge on any atom is -0.236 e. The molecule has 2 heterocycles. The molecule has 7 heteroatoms. The van der Waals surface area contributed by atoms with Gasteiger partial charge in [-0.3, -0.25) is 0 Å². The molecule has 1 aliphatic heterocycles. The Bertz CT molecular complexity index is 878. The van der Waals surface area contributed by atoms with Crippen molar-refractivity contribution in [2.45, 2.75) is 51.0 Å². The van der Waals surface area contributed by atoms with Gasteiger partial charge >= 0.3 is 0 Å². The standard InChI is InChI=1S/C20H26N4O2S/c25-27(26,24-12-6-1-2-7-13-24)23-18-10-11-19-17(14-18)15-21-20(22-19)16-8-4-3-5-9-16/h3-5,8-9,15,18,23H,1-2,6-7,10-14H2. The van der Waals surface area contributed by atoms with Gasteiger partial charge in [0.2, 0.25) is 0 Å². The Kier molecular flexibility index (Phi) is 5.52. The molecule has 2 aromatic rings. The zero-order chi connectivity index (χ0) is 18.7. The molecule has 1 fully saturated rings. The second-order valence-corrected chi connectivity index (χ2v) is 9.11. The lowest BCUT2D eigenvalue weighted by molar-refractivity contribution is 0.400. The highest BCUT2D eigenvalue weighted by atomic mass is 32.2. The summed E-state index contributed by atoms with van der Waals surface area (Å²) in [5.41, 5.74) is 3.09. The highest BCUT2D eigenvalue weighted by Crippen LogP contribution is 2.23. The fourth-order valence-corrected chi connectivity index (χ4v) is 5.41. The third-order valence-corrected chi connectivity index (χ3v) is 7.08. The fourth-order valence-electron chi connectivity index (χ4n) is 3.90. The van der Waals surface area contributed by atoms with Crippen LogP contribution in [0.15, 0.2) is 36.5 Å². The average Bonchev–Trinajstić information content (AvgIpc) is 2.98. The summed E-state index contributed by atoms with van der Waals surface area (Å²) < 4.78 is 30.0. The van der Waals surface area contributed by atoms with Gasteiger partial charge in [-0.15, -0.1) is 0 Å². The van der Waals surface area contributed by atoms with Gasteiger partial charge in [-0.25, -0.2) is 9.97 Å². The van der Waals surface area contributed by atoms with Crippen LogP contribution in [-0.4, -0.2) is 41.8 Å². The topological polar surface area (TPSA) is 75.2 Å². The molecule has 2 aliphatic rings. The first-order valence-corrected chi connectivity index (χ1v) is 11.2. The minimum absolute atomic E-state index is 0.0862. The Labute approximate surface area is 161 Å². The van der Waals surface area contributed by atoms with E-state index < -0.39 is 10.2 Å². The van der Waals surface area contributed by atoms with Crippen LogP contribution in [-0.2, 0) is 23.1 Å². The molecule has 0 bridgehead atoms. The van der Waals surface area contributed by atoms with E-state index in [1.807, 2.05) is 36.5 Å². The second kappa shape index (κ2) is 8.04. The molecule has 0 radical (unpaired) electrons. The summed E-state index contributed by atoms with van der Waals surface area (Å²) in [5.74, 6) is 0.734. The first kappa shape index (κ1) is 18.5. The number of hydrogen-bond acceptors (Lipinski definition) is 4. The van der Waals surface area contributed by atoms with Gasteiger partial charge in [-0.1, -0.05) is 43.2 Å². The molecule has 0 saturated carbocycles. The Balaban J connectivity index is 1.45. The molecular weight excluding hydrogens is 360 g/mol. The Hall–Kier alpha value is -1.83. The predicted octanol–water partition coefficient (Wildman–Crippen LogP) is 2.71. The summed E-state index contributed by atoms with van der Waals surface area (Å²) in [6, 6.07) is 9.85. The van der Waals surface area contributed by atoms with E-state index in [-0.39, 0.29) is 6.04 Å². The van der Waals surface area contributed by atoms with E-state index >= 15 is 0 Å². The summed E-state index contributed by atoms with van der Waals surface area (Å²) >= 11 is 0. The number of benzene rings is 1. The normalized spacial score (nSPS) is 21.4. The quantitative estimate of drug-likeness (QED) is 0.877. The summed E-state index contributed by atoms with van der Waals surface area (Å²) in [4.78, 5) is 9.21. The van der Waals surface area contributed by atoms with Crippen LogP contribution in [0.4, 0.5) is 0 Å². The van der Waals surface area contributed by atoms with Crippen molar-refractivity contribution in [3.8, 4) is 11.4 Å². The maximum Gasteiger partial charge on any atom is 0.279 e. The molecule has 1 aromatic carbocycles. The molecule has 0 spiro atoms. The summed E-state index contributed by atoms with van der Waals surface area (Å²) in [5, 5.41) is 0. The van der Waals surface area contributed by atoms with Crippen LogP contribution in [0.2, 0.25) is 0 Å². The Morgan fingerprint density at radius 2 is 1.78 bits per heavy atom. The summed E-state index contributed by atoms with van der Waals surface area (Å²) in [6.07, 6.45) is 8.17. The monoisotopic (exact) mass is 386 g/mol. The van der Waals surface area contributed by atoms with Gasteiger partial charge in [0.25, 0.3) is 10.2 Å². The average molecular weight is 387 g/mol. The first-order chi connectivity index (χ1) is 13.1. The smallest absolute Gasteiger partial charge is 0.236 e. The lowest BCUT2D eigenvalue weighted by Gasteiger charge is -2.28. The van der Waals surface area contributed by atoms with E-state index in [1.165, 1.54) is 0 Å². The van der Waals surface area contributed by atoms with Crippen LogP contribution in [0.25, 0.3) is 11.4 Å². The van der Waals surface area contributed by atoms with E-state index in [2.05, 4.69) is 9.71 Å². The van der Waals surface area contributed by atoms with Gasteiger partial charge in [0.15, 0.2) is 5.82 Å². The zero-order valence-electron chi connectivity index (χ0n) is 15.5. The molecule has 1 atom stereocenters. The Morgan fingerprint density at radius 3 is 2.52 bits per heavy atom. The first-order valence-electron chi connectivity index (χ1n) is 9.79. The lowest BCUT2D eigenvalue weighted by atomic mass is 9.93. The number of nitrogens with one attached hydrogen (secondary N) is 1. The molecule has 1 N–H and O–H groups in total. The van der Waals surface area contributed by atoms with Gasteiger partial charge in [0.1, 0.15) is 0 Å². The highest BCUT2D eigenvalue weighted by Gasteiger charge is 2.29. The molecule has 0 amide bonds. The van der Waals surface area contributed by atoms with Crippen molar-refractivity contribution in [2.75, 3.05) is 13.1 Å². The van der Waals surface area contributed by atoms with Crippen molar-refractivity contribution < 1.29 is 8.42 Å². The fraction of sp³-hybridized carbons (Fsp3) is 0.500. The van der Waals surface area contributed by atoms with Crippen LogP contribution in [0.3, 0.4) is 0 Å². The van der Waals surface area contributed by atoms with Crippen molar-refractivity contribution in [1.82, 2.24) is 19.0 Å². The number of fused-ring (bicyclic) bond motifs is 1. The van der Waals surface area contributed by atoms with Crippen molar-refractivity contribution in [1.29, 1.82) is 0 Å². The van der Waals surface area contributed by atoms with Crippen molar-refractivity contribution in [3.05, 3.63) is 47.8 Å². The second-order valence-electron chi connectivity index (χ2n) is 7.41. The predicted molar refractivity (Wildman–Crippen MR) is 105 cm³/mol. The van der Waals surface area contributed by atoms with Gasteiger partial charge in [-0.05, 0) is 37.7 Å². The van der Waals surface area contributed by atoms with E-state index in [0.29, 0.717) is 19.5 Å². The number of aromatic nitrogens is 2. The largest absolute Gasteiger partial charge is 0.279 e. The molecule has 1 unspecified atom stereocenters. The zero-order valence-corrected chi connectivity index (χ0v) is 16.3. The lowest BCUT2D eigenvalue weighted by Crippen LogP contribution is -2.47. The molecule has 1 saturated heterocycles. The van der Waals surface area contributed by atoms with E-state index in [4.69, 9.17) is 4.98 Å². The van der Waals surface area contributed by atoms with E-state index in [1.54, 1.807) is 4.31 Å². The SMILES string of the molecule is O=S(=O)(NC1CCc2nc(-c3ccccc3)ncc2C1)N1CCCCCC1. The molecule has 6 nitrogen and oxygen atoms in total. The van der Waals surface area contributed by atoms with E-state index in [9.17, 15) is 8.42 Å². The van der Waals surface area contributed by atoms with Crippen molar-refractivity contribution >= 4 is 10.2 Å². The van der Waals surface area contributed by atoms with Crippen molar-refractivity contribution in [2.24, 2.45) is 0 Å². The molecule has 1 aromatic heterocycles. The van der Waals surface area contributed by atoms with Crippen LogP contribution in [0, 0.1) is 0 Å². The maximum absolute atomic E-state index is 12.7. The Morgan fingerprint density at radius 1 is 1.04 bits per heavy atom.